The number of hydrogen-bond donors (Lipinski definition) is 2. The minimum Gasteiger partial charge on any atom is -0.383 e. The number of nitrogens with one attached hydrogen (secondary N) is 2. The molecule has 1 aliphatic carbocycles. The van der Waals surface area contributed by atoms with E-state index in [-0.39, 0.29) is 36.1 Å². The number of nitrogens with zero attached hydrogens (tertiary/aromatic N) is 1. The molecule has 3 rings (SSSR count). The van der Waals surface area contributed by atoms with Crippen LogP contribution in [0.4, 0.5) is 4.39 Å². The second-order valence-corrected chi connectivity index (χ2v) is 8.18. The molecule has 1 heterocycles. The molecule has 2 aliphatic rings. The molecule has 2 atom stereocenters. The minimum atomic E-state index is -0.298. The summed E-state index contributed by atoms with van der Waals surface area (Å²) in [7, 11) is 1.62. The van der Waals surface area contributed by atoms with E-state index in [4.69, 9.17) is 4.74 Å². The summed E-state index contributed by atoms with van der Waals surface area (Å²) < 4.78 is 18.0. The van der Waals surface area contributed by atoms with E-state index in [2.05, 4.69) is 15.5 Å². The molecule has 0 spiro atoms. The maximum absolute atomic E-state index is 13.0. The molecular formula is C22H32FN3O3. The van der Waals surface area contributed by atoms with Crippen molar-refractivity contribution in [1.82, 2.24) is 15.5 Å². The molecule has 0 bridgehead atoms. The maximum Gasteiger partial charge on any atom is 0.224 e. The Kier molecular flexibility index (Phi) is 8.00. The molecule has 29 heavy (non-hydrogen) atoms. The van der Waals surface area contributed by atoms with Gasteiger partial charge >= 0.3 is 0 Å². The Morgan fingerprint density at radius 3 is 2.48 bits per heavy atom. The van der Waals surface area contributed by atoms with Crippen LogP contribution < -0.4 is 10.6 Å². The molecule has 160 valence electrons. The third kappa shape index (κ3) is 7.08. The Morgan fingerprint density at radius 2 is 1.79 bits per heavy atom. The second kappa shape index (κ2) is 10.7. The van der Waals surface area contributed by atoms with Crippen LogP contribution in [0.2, 0.25) is 0 Å². The maximum atomic E-state index is 13.0. The first-order valence-corrected chi connectivity index (χ1v) is 10.6. The molecule has 2 amide bonds. The van der Waals surface area contributed by atoms with Gasteiger partial charge in [-0.3, -0.25) is 14.5 Å². The largest absolute Gasteiger partial charge is 0.383 e. The standard InChI is InChI=1S/C22H32FN3O3/c1-29-11-10-24-22(28)13-19-8-9-20(26(19)15-17-2-3-17)14-25-21(27)12-16-4-6-18(23)7-5-16/h4-7,17,19-20H,2-3,8-15H2,1H3,(H,24,28)(H,25,27)/t19-,20+/m1/s1. The van der Waals surface area contributed by atoms with Crippen LogP contribution in [0.25, 0.3) is 0 Å². The number of amides is 2. The molecule has 1 saturated carbocycles. The zero-order valence-electron chi connectivity index (χ0n) is 17.2. The van der Waals surface area contributed by atoms with Crippen LogP contribution >= 0.6 is 0 Å². The van der Waals surface area contributed by atoms with E-state index >= 15 is 0 Å². The van der Waals surface area contributed by atoms with Gasteiger partial charge in [0.15, 0.2) is 0 Å². The molecule has 2 N–H and O–H groups in total. The molecule has 1 aliphatic heterocycles. The van der Waals surface area contributed by atoms with Crippen molar-refractivity contribution >= 4 is 11.8 Å². The van der Waals surface area contributed by atoms with Crippen molar-refractivity contribution in [2.45, 2.75) is 50.6 Å². The highest BCUT2D eigenvalue weighted by Crippen LogP contribution is 2.35. The fourth-order valence-corrected chi connectivity index (χ4v) is 4.01. The fourth-order valence-electron chi connectivity index (χ4n) is 4.01. The van der Waals surface area contributed by atoms with Gasteiger partial charge in [-0.15, -0.1) is 0 Å². The summed E-state index contributed by atoms with van der Waals surface area (Å²) in [6.45, 7) is 2.65. The lowest BCUT2D eigenvalue weighted by Gasteiger charge is -2.30. The zero-order valence-corrected chi connectivity index (χ0v) is 17.2. The summed E-state index contributed by atoms with van der Waals surface area (Å²) in [4.78, 5) is 27.0. The van der Waals surface area contributed by atoms with Gasteiger partial charge in [0.25, 0.3) is 0 Å². The monoisotopic (exact) mass is 405 g/mol. The first kappa shape index (κ1) is 21.7. The van der Waals surface area contributed by atoms with Crippen molar-refractivity contribution < 1.29 is 18.7 Å². The third-order valence-corrected chi connectivity index (χ3v) is 5.80. The van der Waals surface area contributed by atoms with E-state index in [1.165, 1.54) is 25.0 Å². The first-order valence-electron chi connectivity index (χ1n) is 10.6. The third-order valence-electron chi connectivity index (χ3n) is 5.80. The van der Waals surface area contributed by atoms with Crippen molar-refractivity contribution in [2.75, 3.05) is 33.4 Å². The first-order chi connectivity index (χ1) is 14.0. The van der Waals surface area contributed by atoms with Crippen molar-refractivity contribution in [3.63, 3.8) is 0 Å². The summed E-state index contributed by atoms with van der Waals surface area (Å²) in [5.41, 5.74) is 0.802. The smallest absolute Gasteiger partial charge is 0.224 e. The van der Waals surface area contributed by atoms with Gasteiger partial charge < -0.3 is 15.4 Å². The van der Waals surface area contributed by atoms with Crippen molar-refractivity contribution in [2.24, 2.45) is 5.92 Å². The second-order valence-electron chi connectivity index (χ2n) is 8.18. The summed E-state index contributed by atoms with van der Waals surface area (Å²) in [5.74, 6) is 0.440. The lowest BCUT2D eigenvalue weighted by atomic mass is 10.1. The number of halogens is 1. The van der Waals surface area contributed by atoms with E-state index in [1.807, 2.05) is 0 Å². The number of likely N-dealkylation sites (tertiary alicyclic amines) is 1. The van der Waals surface area contributed by atoms with Crippen LogP contribution in [0.5, 0.6) is 0 Å². The van der Waals surface area contributed by atoms with Gasteiger partial charge in [0.1, 0.15) is 5.82 Å². The Hall–Kier alpha value is -1.99. The fraction of sp³-hybridized carbons (Fsp3) is 0.636. The number of carbonyl (C=O) groups excluding carboxylic acids is 2. The summed E-state index contributed by atoms with van der Waals surface area (Å²) in [5, 5.41) is 5.94. The number of hydrogen-bond acceptors (Lipinski definition) is 4. The van der Waals surface area contributed by atoms with Crippen LogP contribution in [0.1, 0.15) is 37.7 Å². The van der Waals surface area contributed by atoms with E-state index < -0.39 is 0 Å². The van der Waals surface area contributed by atoms with E-state index in [0.717, 1.165) is 30.9 Å². The summed E-state index contributed by atoms with van der Waals surface area (Å²) >= 11 is 0. The SMILES string of the molecule is COCCNC(=O)C[C@H]1CC[C@@H](CNC(=O)Cc2ccc(F)cc2)N1CC1CC1. The number of methoxy groups -OCH3 is 1. The lowest BCUT2D eigenvalue weighted by Crippen LogP contribution is -2.45. The van der Waals surface area contributed by atoms with E-state index in [9.17, 15) is 14.0 Å². The number of rotatable bonds is 11. The van der Waals surface area contributed by atoms with Gasteiger partial charge in [0.05, 0.1) is 13.0 Å². The Balaban J connectivity index is 1.47. The average molecular weight is 406 g/mol. The van der Waals surface area contributed by atoms with Crippen LogP contribution in [0, 0.1) is 11.7 Å². The minimum absolute atomic E-state index is 0.0521. The normalized spacial score (nSPS) is 21.9. The Bertz CT molecular complexity index is 678. The van der Waals surface area contributed by atoms with Crippen molar-refractivity contribution in [3.05, 3.63) is 35.6 Å². The molecule has 1 aromatic carbocycles. The Morgan fingerprint density at radius 1 is 1.07 bits per heavy atom. The summed E-state index contributed by atoms with van der Waals surface area (Å²) in [6.07, 6.45) is 5.22. The lowest BCUT2D eigenvalue weighted by molar-refractivity contribution is -0.123. The van der Waals surface area contributed by atoms with Crippen molar-refractivity contribution in [3.8, 4) is 0 Å². The van der Waals surface area contributed by atoms with Gasteiger partial charge in [-0.25, -0.2) is 4.39 Å². The predicted octanol–water partition coefficient (Wildman–Crippen LogP) is 1.88. The van der Waals surface area contributed by atoms with Gasteiger partial charge in [0, 0.05) is 45.2 Å². The number of ether oxygens (including phenoxy) is 1. The molecule has 1 aromatic rings. The molecule has 0 radical (unpaired) electrons. The molecule has 1 saturated heterocycles. The van der Waals surface area contributed by atoms with Crippen LogP contribution in [-0.2, 0) is 20.7 Å². The molecule has 6 nitrogen and oxygen atoms in total. The van der Waals surface area contributed by atoms with Crippen molar-refractivity contribution in [1.29, 1.82) is 0 Å². The highest BCUT2D eigenvalue weighted by molar-refractivity contribution is 5.78. The highest BCUT2D eigenvalue weighted by atomic mass is 19.1. The molecule has 0 unspecified atom stereocenters. The Labute approximate surface area is 172 Å². The average Bonchev–Trinajstić information content (AvgIpc) is 3.44. The highest BCUT2D eigenvalue weighted by Gasteiger charge is 2.37. The van der Waals surface area contributed by atoms with E-state index in [0.29, 0.717) is 26.1 Å². The van der Waals surface area contributed by atoms with Gasteiger partial charge in [-0.1, -0.05) is 12.1 Å². The molecule has 0 aromatic heterocycles. The van der Waals surface area contributed by atoms with E-state index in [1.54, 1.807) is 19.2 Å². The van der Waals surface area contributed by atoms with Crippen LogP contribution in [0.15, 0.2) is 24.3 Å². The van der Waals surface area contributed by atoms with Gasteiger partial charge in [-0.2, -0.15) is 0 Å². The number of benzene rings is 1. The van der Waals surface area contributed by atoms with Crippen LogP contribution in [-0.4, -0.2) is 62.1 Å². The topological polar surface area (TPSA) is 70.7 Å². The molecule has 2 fully saturated rings. The van der Waals surface area contributed by atoms with Gasteiger partial charge in [-0.05, 0) is 49.3 Å². The molecular weight excluding hydrogens is 373 g/mol. The van der Waals surface area contributed by atoms with Crippen LogP contribution in [0.3, 0.4) is 0 Å². The molecule has 7 heteroatoms. The summed E-state index contributed by atoms with van der Waals surface area (Å²) in [6, 6.07) is 6.53. The zero-order chi connectivity index (χ0) is 20.6. The predicted molar refractivity (Wildman–Crippen MR) is 109 cm³/mol. The number of carbonyl (C=O) groups is 2. The van der Waals surface area contributed by atoms with Gasteiger partial charge in [0.2, 0.25) is 11.8 Å². The quantitative estimate of drug-likeness (QED) is 0.552.